The van der Waals surface area contributed by atoms with E-state index in [4.69, 9.17) is 0 Å². The first kappa shape index (κ1) is 13.5. The average Bonchev–Trinajstić information content (AvgIpc) is 2.72. The molecule has 0 radical (unpaired) electrons. The van der Waals surface area contributed by atoms with Gasteiger partial charge in [0.15, 0.2) is 0 Å². The van der Waals surface area contributed by atoms with Crippen molar-refractivity contribution in [1.29, 1.82) is 0 Å². The zero-order valence-electron chi connectivity index (χ0n) is 10.4. The van der Waals surface area contributed by atoms with Crippen molar-refractivity contribution in [2.75, 3.05) is 5.43 Å². The molecule has 0 aliphatic rings. The van der Waals surface area contributed by atoms with Gasteiger partial charge in [-0.05, 0) is 5.56 Å². The Morgan fingerprint density at radius 3 is 2.60 bits per heavy atom. The highest BCUT2D eigenvalue weighted by molar-refractivity contribution is 5.85. The first-order chi connectivity index (χ1) is 9.56. The molecule has 2 rings (SSSR count). The van der Waals surface area contributed by atoms with Gasteiger partial charge in [0.2, 0.25) is 5.91 Å². The molecule has 1 heterocycles. The summed E-state index contributed by atoms with van der Waals surface area (Å²) in [7, 11) is 0. The fraction of sp³-hybridized carbons (Fsp3) is 0.167. The molecular formula is C12H11N4O4-. The van der Waals surface area contributed by atoms with E-state index in [9.17, 15) is 19.5 Å². The number of hydrogen-bond donors (Lipinski definition) is 1. The largest absolute Gasteiger partial charge is 0.548 e. The summed E-state index contributed by atoms with van der Waals surface area (Å²) < 4.78 is 1.51. The van der Waals surface area contributed by atoms with Gasteiger partial charge in [-0.15, -0.1) is 0 Å². The van der Waals surface area contributed by atoms with Gasteiger partial charge in [-0.2, -0.15) is 9.77 Å². The summed E-state index contributed by atoms with van der Waals surface area (Å²) in [6.45, 7) is -0.666. The van der Waals surface area contributed by atoms with E-state index >= 15 is 0 Å². The molecule has 0 spiro atoms. The highest BCUT2D eigenvalue weighted by Gasteiger charge is 2.08. The van der Waals surface area contributed by atoms with Crippen LogP contribution in [0.25, 0.3) is 0 Å². The molecule has 0 unspecified atom stereocenters. The highest BCUT2D eigenvalue weighted by atomic mass is 16.4. The van der Waals surface area contributed by atoms with E-state index in [0.29, 0.717) is 4.68 Å². The van der Waals surface area contributed by atoms with Crippen molar-refractivity contribution in [3.63, 3.8) is 0 Å². The summed E-state index contributed by atoms with van der Waals surface area (Å²) >= 11 is 0. The third-order valence-electron chi connectivity index (χ3n) is 2.46. The number of nitrogens with zero attached hydrogens (tertiary/aromatic N) is 3. The van der Waals surface area contributed by atoms with Crippen LogP contribution in [0.4, 0.5) is 0 Å². The molecular weight excluding hydrogens is 264 g/mol. The zero-order chi connectivity index (χ0) is 14.5. The standard InChI is InChI=1S/C12H12N4O4/c17-10(6-9-4-2-1-3-5-9)14-16-8-13-15(12(16)20)7-11(18)19/h1-5,8H,6-7H2,(H,14,17)(H,18,19)/p-1. The van der Waals surface area contributed by atoms with E-state index in [2.05, 4.69) is 10.5 Å². The lowest BCUT2D eigenvalue weighted by molar-refractivity contribution is -0.306. The normalized spacial score (nSPS) is 10.2. The number of carbonyl (C=O) groups excluding carboxylic acids is 2. The molecule has 0 aliphatic heterocycles. The lowest BCUT2D eigenvalue weighted by Gasteiger charge is -2.04. The molecule has 8 nitrogen and oxygen atoms in total. The third-order valence-corrected chi connectivity index (χ3v) is 2.46. The van der Waals surface area contributed by atoms with E-state index in [0.717, 1.165) is 16.6 Å². The molecule has 104 valence electrons. The number of amides is 1. The number of benzene rings is 1. The monoisotopic (exact) mass is 275 g/mol. The quantitative estimate of drug-likeness (QED) is 0.686. The molecule has 0 aliphatic carbocycles. The second-order valence-corrected chi connectivity index (χ2v) is 4.01. The average molecular weight is 275 g/mol. The van der Waals surface area contributed by atoms with Crippen molar-refractivity contribution in [3.05, 3.63) is 52.7 Å². The van der Waals surface area contributed by atoms with Crippen molar-refractivity contribution in [1.82, 2.24) is 14.5 Å². The molecule has 1 aromatic carbocycles. The van der Waals surface area contributed by atoms with E-state index in [1.807, 2.05) is 6.07 Å². The van der Waals surface area contributed by atoms with Crippen molar-refractivity contribution in [2.45, 2.75) is 13.0 Å². The van der Waals surface area contributed by atoms with Crippen LogP contribution in [0, 0.1) is 0 Å². The van der Waals surface area contributed by atoms with Gasteiger partial charge in [-0.1, -0.05) is 30.3 Å². The maximum Gasteiger partial charge on any atom is 0.365 e. The summed E-state index contributed by atoms with van der Waals surface area (Å²) in [5, 5.41) is 13.9. The topological polar surface area (TPSA) is 109 Å². The van der Waals surface area contributed by atoms with Crippen molar-refractivity contribution in [2.24, 2.45) is 0 Å². The van der Waals surface area contributed by atoms with E-state index < -0.39 is 24.1 Å². The van der Waals surface area contributed by atoms with Crippen LogP contribution < -0.4 is 16.2 Å². The first-order valence-corrected chi connectivity index (χ1v) is 5.74. The summed E-state index contributed by atoms with van der Waals surface area (Å²) in [6.07, 6.45) is 1.13. The van der Waals surface area contributed by atoms with Crippen LogP contribution in [0.1, 0.15) is 5.56 Å². The minimum atomic E-state index is -1.44. The van der Waals surface area contributed by atoms with Crippen LogP contribution in [0.3, 0.4) is 0 Å². The van der Waals surface area contributed by atoms with Gasteiger partial charge in [0.1, 0.15) is 6.33 Å². The van der Waals surface area contributed by atoms with Crippen LogP contribution in [-0.2, 0) is 22.6 Å². The molecule has 0 saturated heterocycles. The Morgan fingerprint density at radius 2 is 1.95 bits per heavy atom. The van der Waals surface area contributed by atoms with Gasteiger partial charge in [0, 0.05) is 0 Å². The molecule has 0 saturated carbocycles. The van der Waals surface area contributed by atoms with Gasteiger partial charge in [-0.3, -0.25) is 10.2 Å². The molecule has 1 aromatic heterocycles. The fourth-order valence-electron chi connectivity index (χ4n) is 1.60. The number of aliphatic carboxylic acids is 1. The highest BCUT2D eigenvalue weighted by Crippen LogP contribution is 1.99. The number of nitrogens with one attached hydrogen (secondary N) is 1. The lowest BCUT2D eigenvalue weighted by Crippen LogP contribution is -2.38. The molecule has 1 amide bonds. The van der Waals surface area contributed by atoms with Gasteiger partial charge in [0.25, 0.3) is 0 Å². The number of carboxylic acids is 1. The van der Waals surface area contributed by atoms with Crippen molar-refractivity contribution in [3.8, 4) is 0 Å². The Kier molecular flexibility index (Phi) is 3.94. The predicted molar refractivity (Wildman–Crippen MR) is 66.0 cm³/mol. The number of hydrogen-bond acceptors (Lipinski definition) is 5. The summed E-state index contributed by atoms with van der Waals surface area (Å²) in [5.41, 5.74) is 2.36. The zero-order valence-corrected chi connectivity index (χ0v) is 10.4. The van der Waals surface area contributed by atoms with Crippen LogP contribution in [-0.4, -0.2) is 26.3 Å². The SMILES string of the molecule is O=C([O-])Cn1ncn(NC(=O)Cc2ccccc2)c1=O. The lowest BCUT2D eigenvalue weighted by atomic mass is 10.1. The Bertz CT molecular complexity index is 674. The van der Waals surface area contributed by atoms with Crippen LogP contribution >= 0.6 is 0 Å². The Labute approximate surface area is 113 Å². The smallest absolute Gasteiger partial charge is 0.365 e. The predicted octanol–water partition coefficient (Wildman–Crippen LogP) is -1.89. The van der Waals surface area contributed by atoms with Crippen LogP contribution in [0.5, 0.6) is 0 Å². The van der Waals surface area contributed by atoms with Crippen LogP contribution in [0.15, 0.2) is 41.5 Å². The van der Waals surface area contributed by atoms with E-state index in [-0.39, 0.29) is 6.42 Å². The number of carboxylic acid groups (broad SMARTS) is 1. The number of aromatic nitrogens is 3. The van der Waals surface area contributed by atoms with Gasteiger partial charge in [0.05, 0.1) is 18.9 Å². The third kappa shape index (κ3) is 3.31. The second kappa shape index (κ2) is 5.83. The molecule has 20 heavy (non-hydrogen) atoms. The molecule has 8 heteroatoms. The maximum atomic E-state index is 11.7. The van der Waals surface area contributed by atoms with Gasteiger partial charge < -0.3 is 9.90 Å². The van der Waals surface area contributed by atoms with Gasteiger partial charge >= 0.3 is 5.69 Å². The van der Waals surface area contributed by atoms with Crippen molar-refractivity contribution >= 4 is 11.9 Å². The summed E-state index contributed by atoms with van der Waals surface area (Å²) in [5.74, 6) is -1.85. The second-order valence-electron chi connectivity index (χ2n) is 4.01. The molecule has 2 aromatic rings. The van der Waals surface area contributed by atoms with E-state index in [1.54, 1.807) is 24.3 Å². The van der Waals surface area contributed by atoms with Crippen LogP contribution in [0.2, 0.25) is 0 Å². The summed E-state index contributed by atoms with van der Waals surface area (Å²) in [6, 6.07) is 8.99. The maximum absolute atomic E-state index is 11.7. The summed E-state index contributed by atoms with van der Waals surface area (Å²) in [4.78, 5) is 33.8. The minimum absolute atomic E-state index is 0.0962. The molecule has 0 bridgehead atoms. The molecule has 0 atom stereocenters. The fourth-order valence-corrected chi connectivity index (χ4v) is 1.60. The Balaban J connectivity index is 2.03. The minimum Gasteiger partial charge on any atom is -0.548 e. The molecule has 0 fully saturated rings. The van der Waals surface area contributed by atoms with Gasteiger partial charge in [-0.25, -0.2) is 9.48 Å². The van der Waals surface area contributed by atoms with Crippen molar-refractivity contribution < 1.29 is 14.7 Å². The number of carbonyl (C=O) groups is 2. The van der Waals surface area contributed by atoms with E-state index in [1.165, 1.54) is 0 Å². The first-order valence-electron chi connectivity index (χ1n) is 5.74. The molecule has 1 N–H and O–H groups in total. The number of rotatable bonds is 5. The Morgan fingerprint density at radius 1 is 1.25 bits per heavy atom. The Hall–Kier alpha value is -2.90.